The highest BCUT2D eigenvalue weighted by Gasteiger charge is 2.29. The van der Waals surface area contributed by atoms with Gasteiger partial charge in [0, 0.05) is 5.33 Å². The zero-order chi connectivity index (χ0) is 14.0. The number of sulfone groups is 1. The second-order valence-electron chi connectivity index (χ2n) is 5.81. The number of benzene rings is 1. The van der Waals surface area contributed by atoms with Gasteiger partial charge in [-0.1, -0.05) is 54.4 Å². The Morgan fingerprint density at radius 3 is 2.06 bits per heavy atom. The second-order valence-corrected chi connectivity index (χ2v) is 8.49. The van der Waals surface area contributed by atoms with E-state index in [0.717, 1.165) is 5.56 Å². The molecule has 0 fully saturated rings. The van der Waals surface area contributed by atoms with Crippen LogP contribution < -0.4 is 0 Å². The molecule has 0 heterocycles. The van der Waals surface area contributed by atoms with Crippen LogP contribution in [0.3, 0.4) is 0 Å². The zero-order valence-electron chi connectivity index (χ0n) is 11.4. The van der Waals surface area contributed by atoms with Crippen molar-refractivity contribution in [2.45, 2.75) is 32.6 Å². The summed E-state index contributed by atoms with van der Waals surface area (Å²) in [6, 6.07) is 7.07. The number of halogens is 1. The maximum atomic E-state index is 12.3. The van der Waals surface area contributed by atoms with Crippen molar-refractivity contribution in [3.8, 4) is 0 Å². The lowest BCUT2D eigenvalue weighted by molar-refractivity contribution is 0.291. The third kappa shape index (κ3) is 4.09. The molecule has 0 N–H and O–H groups in total. The fourth-order valence-corrected chi connectivity index (χ4v) is 5.03. The highest BCUT2D eigenvalue weighted by Crippen LogP contribution is 2.30. The fraction of sp³-hybridized carbons (Fsp3) is 0.571. The Morgan fingerprint density at radius 1 is 1.17 bits per heavy atom. The van der Waals surface area contributed by atoms with Gasteiger partial charge in [0.15, 0.2) is 9.84 Å². The highest BCUT2D eigenvalue weighted by atomic mass is 79.9. The molecule has 0 aromatic heterocycles. The summed E-state index contributed by atoms with van der Waals surface area (Å²) in [5, 5.41) is 0.696. The Balaban J connectivity index is 2.98. The van der Waals surface area contributed by atoms with Crippen molar-refractivity contribution in [3.63, 3.8) is 0 Å². The van der Waals surface area contributed by atoms with E-state index in [-0.39, 0.29) is 17.1 Å². The molecule has 0 saturated carbocycles. The SMILES string of the molecule is Cc1ccc(S(=O)(=O)CC(CBr)C(C)(C)C)cc1. The Kier molecular flexibility index (Phi) is 5.01. The average Bonchev–Trinajstić information content (AvgIpc) is 2.25. The maximum absolute atomic E-state index is 12.3. The topological polar surface area (TPSA) is 34.1 Å². The van der Waals surface area contributed by atoms with Gasteiger partial charge < -0.3 is 0 Å². The molecule has 2 nitrogen and oxygen atoms in total. The van der Waals surface area contributed by atoms with Crippen molar-refractivity contribution in [1.82, 2.24) is 0 Å². The third-order valence-electron chi connectivity index (χ3n) is 3.21. The zero-order valence-corrected chi connectivity index (χ0v) is 13.8. The molecule has 4 heteroatoms. The summed E-state index contributed by atoms with van der Waals surface area (Å²) in [5.41, 5.74) is 1.04. The van der Waals surface area contributed by atoms with Crippen LogP contribution in [-0.4, -0.2) is 19.5 Å². The molecule has 1 aromatic rings. The number of hydrogen-bond donors (Lipinski definition) is 0. The lowest BCUT2D eigenvalue weighted by Crippen LogP contribution is -2.29. The minimum absolute atomic E-state index is 0.0265. The molecule has 0 aliphatic carbocycles. The summed E-state index contributed by atoms with van der Waals surface area (Å²) in [5.74, 6) is 0.286. The van der Waals surface area contributed by atoms with Crippen LogP contribution >= 0.6 is 15.9 Å². The van der Waals surface area contributed by atoms with Gasteiger partial charge in [-0.3, -0.25) is 0 Å². The highest BCUT2D eigenvalue weighted by molar-refractivity contribution is 9.09. The molecule has 18 heavy (non-hydrogen) atoms. The monoisotopic (exact) mass is 332 g/mol. The number of aryl methyl sites for hydroxylation is 1. The van der Waals surface area contributed by atoms with Gasteiger partial charge in [-0.15, -0.1) is 0 Å². The number of hydrogen-bond acceptors (Lipinski definition) is 2. The van der Waals surface area contributed by atoms with Gasteiger partial charge in [-0.05, 0) is 30.4 Å². The van der Waals surface area contributed by atoms with Crippen LogP contribution in [0.2, 0.25) is 0 Å². The van der Waals surface area contributed by atoms with Crippen LogP contribution in [-0.2, 0) is 9.84 Å². The number of alkyl halides is 1. The molecule has 0 aliphatic heterocycles. The Morgan fingerprint density at radius 2 is 1.67 bits per heavy atom. The Bertz CT molecular complexity index is 484. The van der Waals surface area contributed by atoms with E-state index in [4.69, 9.17) is 0 Å². The van der Waals surface area contributed by atoms with Gasteiger partial charge in [0.1, 0.15) is 0 Å². The molecular formula is C14H21BrO2S. The summed E-state index contributed by atoms with van der Waals surface area (Å²) in [7, 11) is -3.20. The van der Waals surface area contributed by atoms with E-state index in [2.05, 4.69) is 36.7 Å². The van der Waals surface area contributed by atoms with Crippen molar-refractivity contribution in [1.29, 1.82) is 0 Å². The van der Waals surface area contributed by atoms with Gasteiger partial charge in [-0.2, -0.15) is 0 Å². The van der Waals surface area contributed by atoms with Crippen LogP contribution in [0.25, 0.3) is 0 Å². The molecule has 1 aromatic carbocycles. The maximum Gasteiger partial charge on any atom is 0.178 e. The van der Waals surface area contributed by atoms with Gasteiger partial charge in [-0.25, -0.2) is 8.42 Å². The van der Waals surface area contributed by atoms with E-state index in [0.29, 0.717) is 10.2 Å². The second kappa shape index (κ2) is 5.74. The summed E-state index contributed by atoms with van der Waals surface area (Å²) >= 11 is 3.42. The van der Waals surface area contributed by atoms with Crippen LogP contribution in [0.15, 0.2) is 29.2 Å². The Hall–Kier alpha value is -0.350. The smallest absolute Gasteiger partial charge is 0.178 e. The summed E-state index contributed by atoms with van der Waals surface area (Å²) < 4.78 is 24.7. The third-order valence-corrected chi connectivity index (χ3v) is 5.82. The number of rotatable bonds is 4. The molecule has 1 atom stereocenters. The molecule has 1 unspecified atom stereocenters. The molecule has 0 amide bonds. The van der Waals surface area contributed by atoms with Gasteiger partial charge in [0.05, 0.1) is 10.6 Å². The average molecular weight is 333 g/mol. The lowest BCUT2D eigenvalue weighted by atomic mass is 9.83. The predicted molar refractivity (Wildman–Crippen MR) is 80.0 cm³/mol. The molecule has 0 spiro atoms. The first-order chi connectivity index (χ1) is 8.16. The van der Waals surface area contributed by atoms with Gasteiger partial charge in [0.2, 0.25) is 0 Å². The molecule has 102 valence electrons. The summed E-state index contributed by atoms with van der Waals surface area (Å²) in [6.07, 6.45) is 0. The first kappa shape index (κ1) is 15.7. The van der Waals surface area contributed by atoms with E-state index in [1.54, 1.807) is 12.1 Å². The molecular weight excluding hydrogens is 312 g/mol. The van der Waals surface area contributed by atoms with Crippen molar-refractivity contribution in [2.24, 2.45) is 11.3 Å². The van der Waals surface area contributed by atoms with Gasteiger partial charge >= 0.3 is 0 Å². The molecule has 0 saturated heterocycles. The first-order valence-corrected chi connectivity index (χ1v) is 8.79. The van der Waals surface area contributed by atoms with E-state index < -0.39 is 9.84 Å². The van der Waals surface area contributed by atoms with Crippen molar-refractivity contribution in [3.05, 3.63) is 29.8 Å². The lowest BCUT2D eigenvalue weighted by Gasteiger charge is -2.28. The van der Waals surface area contributed by atoms with Crippen LogP contribution in [0, 0.1) is 18.3 Å². The standard InChI is InChI=1S/C14H21BrO2S/c1-11-5-7-13(8-6-11)18(16,17)10-12(9-15)14(2,3)4/h5-8,12H,9-10H2,1-4H3. The molecule has 1 rings (SSSR count). The van der Waals surface area contributed by atoms with E-state index >= 15 is 0 Å². The van der Waals surface area contributed by atoms with Crippen LogP contribution in [0.4, 0.5) is 0 Å². The van der Waals surface area contributed by atoms with E-state index in [1.807, 2.05) is 19.1 Å². The summed E-state index contributed by atoms with van der Waals surface area (Å²) in [6.45, 7) is 8.17. The largest absolute Gasteiger partial charge is 0.224 e. The molecule has 0 aliphatic rings. The van der Waals surface area contributed by atoms with Crippen molar-refractivity contribution in [2.75, 3.05) is 11.1 Å². The molecule has 0 radical (unpaired) electrons. The van der Waals surface area contributed by atoms with Crippen molar-refractivity contribution < 1.29 is 8.42 Å². The van der Waals surface area contributed by atoms with Crippen LogP contribution in [0.1, 0.15) is 26.3 Å². The predicted octanol–water partition coefficient (Wildman–Crippen LogP) is 3.83. The summed E-state index contributed by atoms with van der Waals surface area (Å²) in [4.78, 5) is 0.420. The Labute approximate surface area is 119 Å². The first-order valence-electron chi connectivity index (χ1n) is 6.02. The van der Waals surface area contributed by atoms with Crippen molar-refractivity contribution >= 4 is 25.8 Å². The molecule has 0 bridgehead atoms. The van der Waals surface area contributed by atoms with E-state index in [1.165, 1.54) is 0 Å². The normalized spacial score (nSPS) is 14.5. The van der Waals surface area contributed by atoms with Crippen LogP contribution in [0.5, 0.6) is 0 Å². The van der Waals surface area contributed by atoms with E-state index in [9.17, 15) is 8.42 Å². The fourth-order valence-electron chi connectivity index (χ4n) is 1.63. The quantitative estimate of drug-likeness (QED) is 0.785. The minimum Gasteiger partial charge on any atom is -0.224 e. The van der Waals surface area contributed by atoms with Gasteiger partial charge in [0.25, 0.3) is 0 Å². The minimum atomic E-state index is -3.20.